The molecule has 1 N–H and O–H groups in total. The van der Waals surface area contributed by atoms with Crippen LogP contribution in [0.5, 0.6) is 0 Å². The lowest BCUT2D eigenvalue weighted by Crippen LogP contribution is -2.22. The number of aromatic nitrogens is 3. The van der Waals surface area contributed by atoms with Crippen LogP contribution in [0.2, 0.25) is 0 Å². The van der Waals surface area contributed by atoms with Crippen LogP contribution >= 0.6 is 0 Å². The van der Waals surface area contributed by atoms with Gasteiger partial charge in [0.2, 0.25) is 5.91 Å². The summed E-state index contributed by atoms with van der Waals surface area (Å²) < 4.78 is 42.2. The van der Waals surface area contributed by atoms with Crippen molar-refractivity contribution in [1.82, 2.24) is 15.0 Å². The van der Waals surface area contributed by atoms with Crippen molar-refractivity contribution in [2.75, 3.05) is 23.3 Å². The Bertz CT molecular complexity index is 931. The van der Waals surface area contributed by atoms with E-state index < -0.39 is 12.1 Å². The number of hydrogen-bond acceptors (Lipinski definition) is 5. The Morgan fingerprint density at radius 2 is 2.10 bits per heavy atom. The average Bonchev–Trinajstić information content (AvgIpc) is 3.12. The van der Waals surface area contributed by atoms with Crippen LogP contribution in [0.15, 0.2) is 18.5 Å². The summed E-state index contributed by atoms with van der Waals surface area (Å²) in [4.78, 5) is 26.4. The van der Waals surface area contributed by atoms with Crippen molar-refractivity contribution in [3.8, 4) is 11.4 Å². The van der Waals surface area contributed by atoms with E-state index in [-0.39, 0.29) is 29.6 Å². The SMILES string of the molecule is CCC(C)c1c(NC(C)=O)ncnc1-c1cc(C(C)(F)F)cc(N2CC[C@@H](F)C2)n1. The van der Waals surface area contributed by atoms with Crippen LogP contribution in [0.3, 0.4) is 0 Å². The number of halogens is 3. The molecular formula is C21H26F3N5O. The molecule has 6 nitrogen and oxygen atoms in total. The maximum absolute atomic E-state index is 14.3. The van der Waals surface area contributed by atoms with Crippen molar-refractivity contribution >= 4 is 17.5 Å². The summed E-state index contributed by atoms with van der Waals surface area (Å²) in [5.41, 5.74) is 1.04. The van der Waals surface area contributed by atoms with Gasteiger partial charge in [-0.25, -0.2) is 28.1 Å². The fourth-order valence-corrected chi connectivity index (χ4v) is 3.52. The molecule has 2 atom stereocenters. The number of alkyl halides is 3. The van der Waals surface area contributed by atoms with E-state index in [0.29, 0.717) is 35.9 Å². The van der Waals surface area contributed by atoms with E-state index in [1.807, 2.05) is 13.8 Å². The van der Waals surface area contributed by atoms with E-state index in [1.165, 1.54) is 25.4 Å². The molecule has 30 heavy (non-hydrogen) atoms. The quantitative estimate of drug-likeness (QED) is 0.734. The minimum Gasteiger partial charge on any atom is -0.354 e. The van der Waals surface area contributed by atoms with Crippen LogP contribution < -0.4 is 10.2 Å². The normalized spacial score (nSPS) is 17.8. The molecule has 2 aromatic rings. The maximum Gasteiger partial charge on any atom is 0.270 e. The fraction of sp³-hybridized carbons (Fsp3) is 0.524. The van der Waals surface area contributed by atoms with E-state index in [1.54, 1.807) is 4.90 Å². The standard InChI is InChI=1S/C21H26F3N5O/c1-5-12(2)18-19(25-11-26-20(18)27-13(3)30)16-8-14(21(4,23)24)9-17(28-16)29-7-6-15(22)10-29/h8-9,11-12,15H,5-7,10H2,1-4H3,(H,25,26,27,30)/t12?,15-/m1/s1. The summed E-state index contributed by atoms with van der Waals surface area (Å²) in [5, 5.41) is 2.69. The van der Waals surface area contributed by atoms with Crippen LogP contribution in [0, 0.1) is 0 Å². The second-order valence-electron chi connectivity index (χ2n) is 7.79. The predicted octanol–water partition coefficient (Wildman–Crippen LogP) is 4.67. The Morgan fingerprint density at radius 3 is 2.67 bits per heavy atom. The number of pyridine rings is 1. The lowest BCUT2D eigenvalue weighted by molar-refractivity contribution is -0.114. The van der Waals surface area contributed by atoms with Gasteiger partial charge in [-0.3, -0.25) is 4.79 Å². The summed E-state index contributed by atoms with van der Waals surface area (Å²) in [6.45, 7) is 6.63. The highest BCUT2D eigenvalue weighted by atomic mass is 19.3. The van der Waals surface area contributed by atoms with Gasteiger partial charge in [-0.1, -0.05) is 13.8 Å². The Hall–Kier alpha value is -2.71. The minimum absolute atomic E-state index is 0.0545. The zero-order valence-corrected chi connectivity index (χ0v) is 17.5. The molecule has 0 aromatic carbocycles. The number of anilines is 2. The van der Waals surface area contributed by atoms with E-state index in [9.17, 15) is 18.0 Å². The molecule has 1 amide bonds. The molecule has 1 fully saturated rings. The van der Waals surface area contributed by atoms with Crippen LogP contribution in [-0.4, -0.2) is 40.1 Å². The molecule has 0 spiro atoms. The zero-order chi connectivity index (χ0) is 22.1. The van der Waals surface area contributed by atoms with Gasteiger partial charge in [-0.15, -0.1) is 0 Å². The number of rotatable bonds is 6. The van der Waals surface area contributed by atoms with Gasteiger partial charge in [-0.2, -0.15) is 0 Å². The second kappa shape index (κ2) is 8.57. The smallest absolute Gasteiger partial charge is 0.270 e. The molecule has 3 heterocycles. The molecule has 0 aliphatic carbocycles. The molecule has 9 heteroatoms. The first-order valence-electron chi connectivity index (χ1n) is 10.0. The van der Waals surface area contributed by atoms with Crippen molar-refractivity contribution < 1.29 is 18.0 Å². The topological polar surface area (TPSA) is 71.0 Å². The second-order valence-corrected chi connectivity index (χ2v) is 7.79. The number of nitrogens with one attached hydrogen (secondary N) is 1. The number of carbonyl (C=O) groups is 1. The Labute approximate surface area is 173 Å². The lowest BCUT2D eigenvalue weighted by Gasteiger charge is -2.22. The highest BCUT2D eigenvalue weighted by Gasteiger charge is 2.30. The maximum atomic E-state index is 14.3. The fourth-order valence-electron chi connectivity index (χ4n) is 3.52. The summed E-state index contributed by atoms with van der Waals surface area (Å²) in [5.74, 6) is -2.83. The third-order valence-electron chi connectivity index (χ3n) is 5.30. The van der Waals surface area contributed by atoms with E-state index in [0.717, 1.165) is 13.3 Å². The molecule has 1 saturated heterocycles. The predicted molar refractivity (Wildman–Crippen MR) is 110 cm³/mol. The number of nitrogens with zero attached hydrogens (tertiary/aromatic N) is 4. The summed E-state index contributed by atoms with van der Waals surface area (Å²) in [6, 6.07) is 2.61. The molecule has 0 bridgehead atoms. The summed E-state index contributed by atoms with van der Waals surface area (Å²) in [7, 11) is 0. The molecule has 0 radical (unpaired) electrons. The molecule has 1 unspecified atom stereocenters. The van der Waals surface area contributed by atoms with E-state index in [4.69, 9.17) is 0 Å². The Balaban J connectivity index is 2.20. The van der Waals surface area contributed by atoms with Gasteiger partial charge < -0.3 is 10.2 Å². The van der Waals surface area contributed by atoms with E-state index >= 15 is 0 Å². The van der Waals surface area contributed by atoms with Crippen molar-refractivity contribution in [3.05, 3.63) is 29.6 Å². The zero-order valence-electron chi connectivity index (χ0n) is 17.5. The molecule has 1 aliphatic rings. The Kier molecular flexibility index (Phi) is 6.28. The highest BCUT2D eigenvalue weighted by Crippen LogP contribution is 2.37. The van der Waals surface area contributed by atoms with Gasteiger partial charge in [0.1, 0.15) is 24.1 Å². The number of carbonyl (C=O) groups excluding carboxylic acids is 1. The van der Waals surface area contributed by atoms with Crippen LogP contribution in [0.25, 0.3) is 11.4 Å². The van der Waals surface area contributed by atoms with Crippen LogP contribution in [-0.2, 0) is 10.7 Å². The highest BCUT2D eigenvalue weighted by molar-refractivity contribution is 5.89. The van der Waals surface area contributed by atoms with Crippen LogP contribution in [0.4, 0.5) is 24.8 Å². The first kappa shape index (κ1) is 22.0. The van der Waals surface area contributed by atoms with Crippen molar-refractivity contribution in [2.45, 2.75) is 58.5 Å². The molecular weight excluding hydrogens is 395 g/mol. The summed E-state index contributed by atoms with van der Waals surface area (Å²) in [6.07, 6.45) is 1.32. The number of hydrogen-bond donors (Lipinski definition) is 1. The lowest BCUT2D eigenvalue weighted by atomic mass is 9.95. The van der Waals surface area contributed by atoms with Crippen molar-refractivity contribution in [2.24, 2.45) is 0 Å². The first-order chi connectivity index (χ1) is 14.1. The number of amides is 1. The van der Waals surface area contributed by atoms with Gasteiger partial charge in [-0.05, 0) is 30.9 Å². The molecule has 162 valence electrons. The third kappa shape index (κ3) is 4.71. The van der Waals surface area contributed by atoms with Gasteiger partial charge in [0, 0.05) is 31.5 Å². The molecule has 3 rings (SSSR count). The monoisotopic (exact) mass is 421 g/mol. The van der Waals surface area contributed by atoms with E-state index in [2.05, 4.69) is 20.3 Å². The summed E-state index contributed by atoms with van der Waals surface area (Å²) >= 11 is 0. The largest absolute Gasteiger partial charge is 0.354 e. The molecule has 2 aromatic heterocycles. The third-order valence-corrected chi connectivity index (χ3v) is 5.30. The molecule has 1 aliphatic heterocycles. The van der Waals surface area contributed by atoms with Crippen molar-refractivity contribution in [1.29, 1.82) is 0 Å². The van der Waals surface area contributed by atoms with Gasteiger partial charge in [0.15, 0.2) is 0 Å². The Morgan fingerprint density at radius 1 is 1.37 bits per heavy atom. The van der Waals surface area contributed by atoms with Crippen molar-refractivity contribution in [3.63, 3.8) is 0 Å². The average molecular weight is 421 g/mol. The van der Waals surface area contributed by atoms with Crippen LogP contribution in [0.1, 0.15) is 57.6 Å². The molecule has 0 saturated carbocycles. The van der Waals surface area contributed by atoms with Gasteiger partial charge in [0.25, 0.3) is 5.92 Å². The first-order valence-corrected chi connectivity index (χ1v) is 10.0. The minimum atomic E-state index is -3.11. The van der Waals surface area contributed by atoms with Gasteiger partial charge in [0.05, 0.1) is 17.9 Å². The van der Waals surface area contributed by atoms with Gasteiger partial charge >= 0.3 is 0 Å².